The third kappa shape index (κ3) is 4.21. The van der Waals surface area contributed by atoms with Gasteiger partial charge in [-0.2, -0.15) is 5.26 Å². The Morgan fingerprint density at radius 2 is 2.00 bits per heavy atom. The van der Waals surface area contributed by atoms with Gasteiger partial charge in [0.15, 0.2) is 6.10 Å². The van der Waals surface area contributed by atoms with E-state index in [1.165, 1.54) is 6.42 Å². The number of aromatic nitrogens is 1. The van der Waals surface area contributed by atoms with Crippen LogP contribution in [0.1, 0.15) is 61.7 Å². The molecule has 0 bridgehead atoms. The van der Waals surface area contributed by atoms with Crippen molar-refractivity contribution in [1.82, 2.24) is 9.88 Å². The van der Waals surface area contributed by atoms with E-state index in [0.29, 0.717) is 11.8 Å². The minimum absolute atomic E-state index is 0.0514. The second kappa shape index (κ2) is 8.56. The lowest BCUT2D eigenvalue weighted by atomic mass is 9.78. The van der Waals surface area contributed by atoms with Crippen molar-refractivity contribution in [1.29, 1.82) is 5.26 Å². The topological polar surface area (TPSA) is 97.3 Å². The Hall–Kier alpha value is -3.01. The van der Waals surface area contributed by atoms with Crippen LogP contribution in [0.3, 0.4) is 0 Å². The smallest absolute Gasteiger partial charge is 0.343 e. The Morgan fingerprint density at radius 3 is 2.66 bits per heavy atom. The van der Waals surface area contributed by atoms with Gasteiger partial charge in [0.2, 0.25) is 5.88 Å². The quantitative estimate of drug-likeness (QED) is 0.775. The van der Waals surface area contributed by atoms with Gasteiger partial charge in [0, 0.05) is 18.4 Å². The Balaban J connectivity index is 1.71. The molecule has 1 fully saturated rings. The Bertz CT molecular complexity index is 923. The lowest BCUT2D eigenvalue weighted by Gasteiger charge is -2.35. The number of esters is 1. The van der Waals surface area contributed by atoms with Crippen LogP contribution < -0.4 is 5.32 Å². The van der Waals surface area contributed by atoms with Crippen LogP contribution in [-0.2, 0) is 9.53 Å². The summed E-state index contributed by atoms with van der Waals surface area (Å²) in [5.74, 6) is 0.386. The van der Waals surface area contributed by atoms with E-state index in [0.717, 1.165) is 12.8 Å². The molecule has 29 heavy (non-hydrogen) atoms. The third-order valence-corrected chi connectivity index (χ3v) is 5.91. The molecule has 7 heteroatoms. The maximum atomic E-state index is 12.7. The first-order valence-corrected chi connectivity index (χ1v) is 10.0. The molecule has 0 unspecified atom stereocenters. The number of nitriles is 1. The predicted molar refractivity (Wildman–Crippen MR) is 106 cm³/mol. The molecule has 154 valence electrons. The first kappa shape index (κ1) is 20.7. The molecule has 2 aromatic rings. The molecule has 2 aromatic heterocycles. The zero-order valence-corrected chi connectivity index (χ0v) is 17.3. The zero-order chi connectivity index (χ0) is 21.1. The lowest BCUT2D eigenvalue weighted by molar-refractivity contribution is -0.130. The van der Waals surface area contributed by atoms with Gasteiger partial charge in [-0.3, -0.25) is 9.36 Å². The van der Waals surface area contributed by atoms with Crippen LogP contribution in [0.4, 0.5) is 0 Å². The summed E-state index contributed by atoms with van der Waals surface area (Å²) in [5.41, 5.74) is 0.140. The molecule has 1 N–H and O–H groups in total. The highest BCUT2D eigenvalue weighted by atomic mass is 16.5. The number of hydrogen-bond donors (Lipinski definition) is 1. The number of rotatable bonds is 5. The summed E-state index contributed by atoms with van der Waals surface area (Å²) in [6.07, 6.45) is 5.64. The summed E-state index contributed by atoms with van der Waals surface area (Å²) >= 11 is 0. The first-order chi connectivity index (χ1) is 13.8. The fourth-order valence-corrected chi connectivity index (χ4v) is 3.89. The van der Waals surface area contributed by atoms with E-state index in [1.54, 1.807) is 42.9 Å². The molecule has 4 atom stereocenters. The maximum Gasteiger partial charge on any atom is 0.343 e. The summed E-state index contributed by atoms with van der Waals surface area (Å²) in [6, 6.07) is 5.68. The monoisotopic (exact) mass is 397 g/mol. The van der Waals surface area contributed by atoms with Gasteiger partial charge < -0.3 is 14.5 Å². The maximum absolute atomic E-state index is 12.7. The van der Waals surface area contributed by atoms with Crippen molar-refractivity contribution >= 4 is 11.9 Å². The van der Waals surface area contributed by atoms with Gasteiger partial charge in [-0.25, -0.2) is 4.79 Å². The van der Waals surface area contributed by atoms with Crippen molar-refractivity contribution in [3.05, 3.63) is 41.4 Å². The predicted octanol–water partition coefficient (Wildman–Crippen LogP) is 3.74. The van der Waals surface area contributed by atoms with Crippen molar-refractivity contribution in [3.63, 3.8) is 0 Å². The molecule has 0 aromatic carbocycles. The van der Waals surface area contributed by atoms with Crippen LogP contribution in [0.25, 0.3) is 5.88 Å². The van der Waals surface area contributed by atoms with Gasteiger partial charge in [-0.1, -0.05) is 26.7 Å². The summed E-state index contributed by atoms with van der Waals surface area (Å²) in [6.45, 7) is 7.47. The fourth-order valence-electron chi connectivity index (χ4n) is 3.89. The van der Waals surface area contributed by atoms with Crippen molar-refractivity contribution in [2.45, 2.75) is 59.1 Å². The highest BCUT2D eigenvalue weighted by Gasteiger charge is 2.32. The van der Waals surface area contributed by atoms with E-state index in [1.807, 2.05) is 6.07 Å². The van der Waals surface area contributed by atoms with Crippen molar-refractivity contribution in [2.75, 3.05) is 0 Å². The average Bonchev–Trinajstić information content (AvgIpc) is 3.32. The van der Waals surface area contributed by atoms with Crippen molar-refractivity contribution in [2.24, 2.45) is 11.8 Å². The molecule has 0 aliphatic heterocycles. The highest BCUT2D eigenvalue weighted by Crippen LogP contribution is 2.30. The van der Waals surface area contributed by atoms with Gasteiger partial charge >= 0.3 is 5.97 Å². The van der Waals surface area contributed by atoms with E-state index in [2.05, 4.69) is 19.2 Å². The fraction of sp³-hybridized carbons (Fsp3) is 0.500. The van der Waals surface area contributed by atoms with Gasteiger partial charge in [-0.15, -0.1) is 0 Å². The second-order valence-electron chi connectivity index (χ2n) is 7.85. The SMILES string of the molecule is Cc1oc(-n2cccc2)c(C#N)c1C(=O)O[C@H](C)C(=O)N[C@H]1CCC[C@H](C)[C@@H]1C. The summed E-state index contributed by atoms with van der Waals surface area (Å²) < 4.78 is 12.6. The van der Waals surface area contributed by atoms with Crippen molar-refractivity contribution in [3.8, 4) is 12.0 Å². The van der Waals surface area contributed by atoms with Crippen LogP contribution in [-0.4, -0.2) is 28.6 Å². The van der Waals surface area contributed by atoms with Crippen LogP contribution in [0.15, 0.2) is 28.9 Å². The van der Waals surface area contributed by atoms with E-state index >= 15 is 0 Å². The molecule has 2 heterocycles. The number of aryl methyl sites for hydroxylation is 1. The second-order valence-corrected chi connectivity index (χ2v) is 7.85. The molecular weight excluding hydrogens is 370 g/mol. The number of nitrogens with zero attached hydrogens (tertiary/aromatic N) is 2. The number of carbonyl (C=O) groups excluding carboxylic acids is 2. The Labute approximate surface area is 170 Å². The number of amides is 1. The molecule has 3 rings (SSSR count). The Morgan fingerprint density at radius 1 is 1.31 bits per heavy atom. The van der Waals surface area contributed by atoms with Gasteiger partial charge in [0.1, 0.15) is 23.0 Å². The van der Waals surface area contributed by atoms with Crippen molar-refractivity contribution < 1.29 is 18.7 Å². The molecule has 1 saturated carbocycles. The van der Waals surface area contributed by atoms with E-state index in [-0.39, 0.29) is 34.7 Å². The molecule has 0 radical (unpaired) electrons. The number of furan rings is 1. The molecule has 1 amide bonds. The highest BCUT2D eigenvalue weighted by molar-refractivity contribution is 5.96. The van der Waals surface area contributed by atoms with E-state index in [4.69, 9.17) is 9.15 Å². The summed E-state index contributed by atoms with van der Waals surface area (Å²) in [4.78, 5) is 25.3. The summed E-state index contributed by atoms with van der Waals surface area (Å²) in [7, 11) is 0. The number of ether oxygens (including phenoxy) is 1. The molecular formula is C22H27N3O4. The van der Waals surface area contributed by atoms with E-state index in [9.17, 15) is 14.9 Å². The normalized spacial score (nSPS) is 22.5. The molecule has 0 saturated heterocycles. The molecule has 0 spiro atoms. The van der Waals surface area contributed by atoms with Gasteiger partial charge in [0.25, 0.3) is 5.91 Å². The van der Waals surface area contributed by atoms with Gasteiger partial charge in [0.05, 0.1) is 0 Å². The van der Waals surface area contributed by atoms with Crippen LogP contribution >= 0.6 is 0 Å². The summed E-state index contributed by atoms with van der Waals surface area (Å²) in [5, 5.41) is 12.6. The van der Waals surface area contributed by atoms with Crippen LogP contribution in [0.2, 0.25) is 0 Å². The molecule has 7 nitrogen and oxygen atoms in total. The number of nitrogens with one attached hydrogen (secondary N) is 1. The largest absolute Gasteiger partial charge is 0.449 e. The Kier molecular flexibility index (Phi) is 6.12. The molecule has 1 aliphatic carbocycles. The van der Waals surface area contributed by atoms with E-state index < -0.39 is 12.1 Å². The first-order valence-electron chi connectivity index (χ1n) is 10.0. The minimum atomic E-state index is -0.970. The number of hydrogen-bond acceptors (Lipinski definition) is 5. The standard InChI is InChI=1S/C22H27N3O4/c1-13-8-7-9-18(14(13)2)24-20(26)16(4)29-22(27)19-15(3)28-21(17(19)12-23)25-10-5-6-11-25/h5-6,10-11,13-14,16,18H,7-9H2,1-4H3,(H,24,26)/t13-,14-,16+,18-/m0/s1. The van der Waals surface area contributed by atoms with Gasteiger partial charge in [-0.05, 0) is 44.2 Å². The van der Waals surface area contributed by atoms with Crippen LogP contribution in [0.5, 0.6) is 0 Å². The zero-order valence-electron chi connectivity index (χ0n) is 17.3. The minimum Gasteiger partial charge on any atom is -0.449 e. The third-order valence-electron chi connectivity index (χ3n) is 5.91. The lowest BCUT2D eigenvalue weighted by Crippen LogP contribution is -2.47. The van der Waals surface area contributed by atoms with Crippen LogP contribution in [0, 0.1) is 30.1 Å². The average molecular weight is 397 g/mol. The molecule has 1 aliphatic rings. The number of carbonyl (C=O) groups is 2.